The fraction of sp³-hybridized carbons (Fsp3) is 0.350. The van der Waals surface area contributed by atoms with Gasteiger partial charge in [0.2, 0.25) is 6.79 Å². The Labute approximate surface area is 177 Å². The lowest BCUT2D eigenvalue weighted by Gasteiger charge is -2.18. The molecule has 2 aromatic carbocycles. The highest BCUT2D eigenvalue weighted by molar-refractivity contribution is 14.0. The monoisotopic (exact) mass is 483 g/mol. The molecule has 0 saturated heterocycles. The van der Waals surface area contributed by atoms with E-state index >= 15 is 0 Å². The van der Waals surface area contributed by atoms with Gasteiger partial charge in [-0.25, -0.2) is 0 Å². The average Bonchev–Trinajstić information content (AvgIpc) is 3.11. The third-order valence-corrected chi connectivity index (χ3v) is 4.04. The molecule has 0 spiro atoms. The van der Waals surface area contributed by atoms with Crippen LogP contribution in [0.2, 0.25) is 0 Å². The maximum atomic E-state index is 5.90. The van der Waals surface area contributed by atoms with E-state index in [1.807, 2.05) is 49.4 Å². The minimum absolute atomic E-state index is 0. The lowest BCUT2D eigenvalue weighted by atomic mass is 10.2. The molecule has 3 rings (SSSR count). The number of ether oxygens (including phenoxy) is 3. The SMILES string of the molecule is CN=C(NCc1ccc2c(c1)OCO2)NCC(C)Oc1ccc(C)cc1.I. The molecule has 1 aliphatic heterocycles. The van der Waals surface area contributed by atoms with Crippen LogP contribution in [0.5, 0.6) is 17.2 Å². The molecule has 1 heterocycles. The van der Waals surface area contributed by atoms with Crippen LogP contribution in [-0.4, -0.2) is 32.4 Å². The predicted octanol–water partition coefficient (Wildman–Crippen LogP) is 3.47. The quantitative estimate of drug-likeness (QED) is 0.375. The van der Waals surface area contributed by atoms with Crippen LogP contribution in [0.1, 0.15) is 18.1 Å². The second kappa shape index (κ2) is 10.2. The van der Waals surface area contributed by atoms with Crippen molar-refractivity contribution in [2.45, 2.75) is 26.5 Å². The first kappa shape index (κ1) is 21.1. The summed E-state index contributed by atoms with van der Waals surface area (Å²) in [6, 6.07) is 14.0. The zero-order chi connectivity index (χ0) is 18.4. The van der Waals surface area contributed by atoms with Gasteiger partial charge in [-0.05, 0) is 43.7 Å². The second-order valence-corrected chi connectivity index (χ2v) is 6.24. The van der Waals surface area contributed by atoms with Crippen LogP contribution in [0, 0.1) is 6.92 Å². The van der Waals surface area contributed by atoms with Crippen LogP contribution in [0.3, 0.4) is 0 Å². The second-order valence-electron chi connectivity index (χ2n) is 6.24. The summed E-state index contributed by atoms with van der Waals surface area (Å²) >= 11 is 0. The number of hydrogen-bond donors (Lipinski definition) is 2. The van der Waals surface area contributed by atoms with Crippen molar-refractivity contribution in [2.24, 2.45) is 4.99 Å². The number of benzene rings is 2. The molecule has 146 valence electrons. The number of hydrogen-bond acceptors (Lipinski definition) is 4. The van der Waals surface area contributed by atoms with E-state index in [0.717, 1.165) is 28.8 Å². The standard InChI is InChI=1S/C20H25N3O3.HI/c1-14-4-7-17(8-5-14)26-15(2)11-22-20(21-3)23-12-16-6-9-18-19(10-16)25-13-24-18;/h4-10,15H,11-13H2,1-3H3,(H2,21,22,23);1H. The molecule has 1 atom stereocenters. The van der Waals surface area contributed by atoms with E-state index in [-0.39, 0.29) is 36.9 Å². The van der Waals surface area contributed by atoms with E-state index in [1.54, 1.807) is 7.05 Å². The molecule has 1 unspecified atom stereocenters. The highest BCUT2D eigenvalue weighted by atomic mass is 127. The Balaban J connectivity index is 0.00000261. The Morgan fingerprint density at radius 3 is 2.59 bits per heavy atom. The molecule has 0 amide bonds. The molecule has 0 saturated carbocycles. The third kappa shape index (κ3) is 6.20. The van der Waals surface area contributed by atoms with Crippen LogP contribution in [-0.2, 0) is 6.54 Å². The van der Waals surface area contributed by atoms with Gasteiger partial charge in [0.1, 0.15) is 11.9 Å². The van der Waals surface area contributed by atoms with E-state index in [4.69, 9.17) is 14.2 Å². The van der Waals surface area contributed by atoms with Crippen LogP contribution in [0.15, 0.2) is 47.5 Å². The van der Waals surface area contributed by atoms with Gasteiger partial charge < -0.3 is 24.8 Å². The van der Waals surface area contributed by atoms with Gasteiger partial charge in [0, 0.05) is 13.6 Å². The zero-order valence-electron chi connectivity index (χ0n) is 15.8. The molecule has 0 bridgehead atoms. The maximum absolute atomic E-state index is 5.90. The van der Waals surface area contributed by atoms with Crippen LogP contribution >= 0.6 is 24.0 Å². The Bertz CT molecular complexity index is 766. The number of halogens is 1. The summed E-state index contributed by atoms with van der Waals surface area (Å²) in [6.45, 7) is 5.66. The zero-order valence-corrected chi connectivity index (χ0v) is 18.2. The van der Waals surface area contributed by atoms with Gasteiger partial charge in [0.05, 0.1) is 6.54 Å². The number of fused-ring (bicyclic) bond motifs is 1. The highest BCUT2D eigenvalue weighted by Crippen LogP contribution is 2.32. The molecular formula is C20H26IN3O3. The normalized spacial score (nSPS) is 13.5. The topological polar surface area (TPSA) is 64.1 Å². The fourth-order valence-electron chi connectivity index (χ4n) is 2.59. The summed E-state index contributed by atoms with van der Waals surface area (Å²) in [6.07, 6.45) is 0.0156. The van der Waals surface area contributed by atoms with E-state index in [9.17, 15) is 0 Å². The molecule has 1 aliphatic rings. The summed E-state index contributed by atoms with van der Waals surface area (Å²) < 4.78 is 16.6. The molecule has 7 heteroatoms. The predicted molar refractivity (Wildman–Crippen MR) is 117 cm³/mol. The molecule has 0 aliphatic carbocycles. The number of nitrogens with zero attached hydrogens (tertiary/aromatic N) is 1. The Kier molecular flexibility index (Phi) is 8.02. The molecule has 0 fully saturated rings. The van der Waals surface area contributed by atoms with Crippen molar-refractivity contribution < 1.29 is 14.2 Å². The lowest BCUT2D eigenvalue weighted by Crippen LogP contribution is -2.41. The van der Waals surface area contributed by atoms with Gasteiger partial charge >= 0.3 is 0 Å². The van der Waals surface area contributed by atoms with Gasteiger partial charge in [0.25, 0.3) is 0 Å². The first-order valence-corrected chi connectivity index (χ1v) is 8.70. The molecule has 0 aromatic heterocycles. The van der Waals surface area contributed by atoms with Gasteiger partial charge in [0.15, 0.2) is 17.5 Å². The number of guanidine groups is 1. The molecule has 27 heavy (non-hydrogen) atoms. The van der Waals surface area contributed by atoms with Gasteiger partial charge in [-0.2, -0.15) is 0 Å². The van der Waals surface area contributed by atoms with E-state index in [2.05, 4.69) is 22.5 Å². The minimum atomic E-state index is 0. The van der Waals surface area contributed by atoms with Gasteiger partial charge in [-0.15, -0.1) is 24.0 Å². The van der Waals surface area contributed by atoms with Crippen molar-refractivity contribution in [3.8, 4) is 17.2 Å². The fourth-order valence-corrected chi connectivity index (χ4v) is 2.59. The van der Waals surface area contributed by atoms with Gasteiger partial charge in [-0.1, -0.05) is 23.8 Å². The van der Waals surface area contributed by atoms with Crippen molar-refractivity contribution in [3.05, 3.63) is 53.6 Å². The van der Waals surface area contributed by atoms with Crippen LogP contribution in [0.25, 0.3) is 0 Å². The van der Waals surface area contributed by atoms with Crippen molar-refractivity contribution in [2.75, 3.05) is 20.4 Å². The highest BCUT2D eigenvalue weighted by Gasteiger charge is 2.13. The first-order chi connectivity index (χ1) is 12.6. The van der Waals surface area contributed by atoms with Crippen molar-refractivity contribution in [1.82, 2.24) is 10.6 Å². The molecule has 2 N–H and O–H groups in total. The first-order valence-electron chi connectivity index (χ1n) is 8.70. The summed E-state index contributed by atoms with van der Waals surface area (Å²) in [5.41, 5.74) is 2.32. The molecular weight excluding hydrogens is 457 g/mol. The van der Waals surface area contributed by atoms with Gasteiger partial charge in [-0.3, -0.25) is 4.99 Å². The summed E-state index contributed by atoms with van der Waals surface area (Å²) in [7, 11) is 1.75. The van der Waals surface area contributed by atoms with Crippen molar-refractivity contribution in [1.29, 1.82) is 0 Å². The Morgan fingerprint density at radius 2 is 1.85 bits per heavy atom. The summed E-state index contributed by atoms with van der Waals surface area (Å²) in [4.78, 5) is 4.25. The third-order valence-electron chi connectivity index (χ3n) is 4.04. The molecule has 2 aromatic rings. The lowest BCUT2D eigenvalue weighted by molar-refractivity contribution is 0.174. The van der Waals surface area contributed by atoms with E-state index in [1.165, 1.54) is 5.56 Å². The molecule has 0 radical (unpaired) electrons. The van der Waals surface area contributed by atoms with E-state index in [0.29, 0.717) is 13.1 Å². The number of aliphatic imine (C=N–C) groups is 1. The maximum Gasteiger partial charge on any atom is 0.231 e. The average molecular weight is 483 g/mol. The smallest absolute Gasteiger partial charge is 0.231 e. The summed E-state index contributed by atoms with van der Waals surface area (Å²) in [5.74, 6) is 3.17. The summed E-state index contributed by atoms with van der Waals surface area (Å²) in [5, 5.41) is 6.57. The Hall–Kier alpha value is -2.16. The number of aryl methyl sites for hydroxylation is 1. The largest absolute Gasteiger partial charge is 0.489 e. The van der Waals surface area contributed by atoms with Crippen LogP contribution in [0.4, 0.5) is 0 Å². The van der Waals surface area contributed by atoms with Crippen molar-refractivity contribution >= 4 is 29.9 Å². The van der Waals surface area contributed by atoms with Crippen molar-refractivity contribution in [3.63, 3.8) is 0 Å². The van der Waals surface area contributed by atoms with E-state index < -0.39 is 0 Å². The van der Waals surface area contributed by atoms with Crippen LogP contribution < -0.4 is 24.8 Å². The molecule has 6 nitrogen and oxygen atoms in total. The minimum Gasteiger partial charge on any atom is -0.489 e. The number of nitrogens with one attached hydrogen (secondary N) is 2. The number of rotatable bonds is 6. The Morgan fingerprint density at radius 1 is 1.11 bits per heavy atom.